The Bertz CT molecular complexity index is 988. The van der Waals surface area contributed by atoms with Crippen LogP contribution in [0.5, 0.6) is 6.01 Å². The number of carbonyl (C=O) groups is 2. The summed E-state index contributed by atoms with van der Waals surface area (Å²) >= 11 is 1.82. The molecular formula is C14H15IN5NaO6S. The van der Waals surface area contributed by atoms with Gasteiger partial charge in [0.25, 0.3) is 10.0 Å². The number of aromatic nitrogens is 3. The molecule has 28 heavy (non-hydrogen) atoms. The maximum Gasteiger partial charge on any atom is 1.00 e. The number of nitrogens with one attached hydrogen (secondary N) is 2. The SMILES string of the molecule is COc1nc(C)nc(NC(=O)NS(=O)(=O)c2cc(I)ccc2C(=O)O)n1.[CH3-].[Na+]. The molecule has 2 amide bonds. The van der Waals surface area contributed by atoms with Crippen molar-refractivity contribution >= 4 is 50.6 Å². The summed E-state index contributed by atoms with van der Waals surface area (Å²) in [5.74, 6) is -1.44. The van der Waals surface area contributed by atoms with Gasteiger partial charge in [0.05, 0.1) is 12.7 Å². The summed E-state index contributed by atoms with van der Waals surface area (Å²) < 4.78 is 31.8. The monoisotopic (exact) mass is 531 g/mol. The van der Waals surface area contributed by atoms with Gasteiger partial charge >= 0.3 is 47.6 Å². The quantitative estimate of drug-likeness (QED) is 0.236. The molecule has 0 aliphatic rings. The fourth-order valence-corrected chi connectivity index (χ4v) is 3.64. The number of aromatic carboxylic acids is 1. The van der Waals surface area contributed by atoms with Gasteiger partial charge in [0.2, 0.25) is 5.95 Å². The van der Waals surface area contributed by atoms with Gasteiger partial charge < -0.3 is 17.3 Å². The molecule has 3 N–H and O–H groups in total. The van der Waals surface area contributed by atoms with E-state index in [9.17, 15) is 18.0 Å². The molecule has 0 radical (unpaired) electrons. The first kappa shape index (κ1) is 26.4. The summed E-state index contributed by atoms with van der Waals surface area (Å²) in [5.41, 5.74) is -0.469. The second kappa shape index (κ2) is 10.8. The summed E-state index contributed by atoms with van der Waals surface area (Å²) in [6, 6.07) is 2.46. The molecule has 2 rings (SSSR count). The van der Waals surface area contributed by atoms with Gasteiger partial charge in [0.15, 0.2) is 0 Å². The summed E-state index contributed by atoms with van der Waals surface area (Å²) in [7, 11) is -3.14. The molecule has 14 heteroatoms. The normalized spacial score (nSPS) is 10.1. The van der Waals surface area contributed by atoms with Crippen molar-refractivity contribution < 1.29 is 57.4 Å². The standard InChI is InChI=1S/C13H12IN5O6S.CH3.Na/c1-6-15-11(18-13(16-6)25-2)17-12(22)19-26(23,24)9-5-7(14)3-4-8(9)10(20)21;;/h3-5H,1-2H3,(H,20,21)(H2,15,16,17,18,19,22);1H3;/q;-1;+1. The number of hydrogen-bond acceptors (Lipinski definition) is 8. The van der Waals surface area contributed by atoms with E-state index in [1.165, 1.54) is 20.1 Å². The van der Waals surface area contributed by atoms with Crippen LogP contribution < -0.4 is 44.3 Å². The van der Waals surface area contributed by atoms with E-state index in [0.29, 0.717) is 3.57 Å². The summed E-state index contributed by atoms with van der Waals surface area (Å²) in [4.78, 5) is 34.1. The van der Waals surface area contributed by atoms with Gasteiger partial charge in [-0.05, 0) is 47.7 Å². The number of carboxylic acid groups (broad SMARTS) is 1. The van der Waals surface area contributed by atoms with E-state index in [1.54, 1.807) is 4.72 Å². The van der Waals surface area contributed by atoms with Gasteiger partial charge in [0.1, 0.15) is 10.7 Å². The number of methoxy groups -OCH3 is 1. The first-order chi connectivity index (χ1) is 12.1. The van der Waals surface area contributed by atoms with Gasteiger partial charge in [0, 0.05) is 3.57 Å². The molecule has 1 aromatic carbocycles. The average molecular weight is 531 g/mol. The number of aryl methyl sites for hydroxylation is 1. The Kier molecular flexibility index (Phi) is 10.2. The van der Waals surface area contributed by atoms with Crippen LogP contribution in [0, 0.1) is 17.9 Å². The summed E-state index contributed by atoms with van der Waals surface area (Å²) in [5, 5.41) is 11.3. The van der Waals surface area contributed by atoms with E-state index in [4.69, 9.17) is 9.84 Å². The van der Waals surface area contributed by atoms with Crippen LogP contribution in [-0.4, -0.2) is 47.6 Å². The van der Waals surface area contributed by atoms with Crippen LogP contribution in [-0.2, 0) is 10.0 Å². The number of urea groups is 1. The number of hydrogen-bond donors (Lipinski definition) is 3. The third kappa shape index (κ3) is 6.80. The molecule has 0 atom stereocenters. The molecule has 146 valence electrons. The van der Waals surface area contributed by atoms with E-state index in [-0.39, 0.29) is 54.8 Å². The number of carbonyl (C=O) groups excluding carboxylic acids is 1. The van der Waals surface area contributed by atoms with E-state index in [1.807, 2.05) is 22.6 Å². The molecule has 0 spiro atoms. The molecule has 0 fully saturated rings. The topological polar surface area (TPSA) is 160 Å². The van der Waals surface area contributed by atoms with Crippen molar-refractivity contribution in [2.75, 3.05) is 12.4 Å². The molecule has 0 unspecified atom stereocenters. The van der Waals surface area contributed by atoms with Crippen LogP contribution in [0.2, 0.25) is 0 Å². The van der Waals surface area contributed by atoms with Crippen molar-refractivity contribution in [2.24, 2.45) is 0 Å². The average Bonchev–Trinajstić information content (AvgIpc) is 2.53. The smallest absolute Gasteiger partial charge is 0.478 e. The minimum Gasteiger partial charge on any atom is -0.478 e. The van der Waals surface area contributed by atoms with Crippen LogP contribution in [0.15, 0.2) is 23.1 Å². The molecule has 1 heterocycles. The first-order valence-corrected chi connectivity index (χ1v) is 9.32. The van der Waals surface area contributed by atoms with Crippen molar-refractivity contribution in [3.8, 4) is 6.01 Å². The van der Waals surface area contributed by atoms with Gasteiger partial charge in [-0.1, -0.05) is 0 Å². The Morgan fingerprint density at radius 3 is 2.43 bits per heavy atom. The number of amides is 2. The fourth-order valence-electron chi connectivity index (χ4n) is 1.80. The Morgan fingerprint density at radius 1 is 1.21 bits per heavy atom. The molecule has 0 aliphatic heterocycles. The van der Waals surface area contributed by atoms with E-state index in [2.05, 4.69) is 20.3 Å². The largest absolute Gasteiger partial charge is 1.00 e. The predicted molar refractivity (Wildman–Crippen MR) is 103 cm³/mol. The molecular weight excluding hydrogens is 516 g/mol. The van der Waals surface area contributed by atoms with E-state index in [0.717, 1.165) is 12.1 Å². The van der Waals surface area contributed by atoms with Crippen LogP contribution in [0.25, 0.3) is 0 Å². The van der Waals surface area contributed by atoms with Crippen molar-refractivity contribution in [1.82, 2.24) is 19.7 Å². The van der Waals surface area contributed by atoms with Crippen molar-refractivity contribution in [3.63, 3.8) is 0 Å². The molecule has 0 saturated carbocycles. The zero-order valence-corrected chi connectivity index (χ0v) is 20.3. The zero-order chi connectivity index (χ0) is 19.5. The van der Waals surface area contributed by atoms with Crippen molar-refractivity contribution in [3.05, 3.63) is 40.6 Å². The molecule has 1 aromatic heterocycles. The number of ether oxygens (including phenoxy) is 1. The van der Waals surface area contributed by atoms with Crippen LogP contribution in [0.1, 0.15) is 16.2 Å². The van der Waals surface area contributed by atoms with Crippen molar-refractivity contribution in [2.45, 2.75) is 11.8 Å². The van der Waals surface area contributed by atoms with Gasteiger partial charge in [-0.25, -0.2) is 22.7 Å². The molecule has 0 saturated heterocycles. The van der Waals surface area contributed by atoms with Crippen LogP contribution in [0.4, 0.5) is 10.7 Å². The summed E-state index contributed by atoms with van der Waals surface area (Å²) in [6.07, 6.45) is 0. The van der Waals surface area contributed by atoms with Gasteiger partial charge in [-0.2, -0.15) is 15.0 Å². The van der Waals surface area contributed by atoms with Crippen LogP contribution >= 0.6 is 22.6 Å². The predicted octanol–water partition coefficient (Wildman–Crippen LogP) is -1.54. The number of nitrogens with zero attached hydrogens (tertiary/aromatic N) is 3. The number of carboxylic acids is 1. The number of benzene rings is 1. The Labute approximate surface area is 197 Å². The second-order valence-corrected chi connectivity index (χ2v) is 7.59. The third-order valence-corrected chi connectivity index (χ3v) is 4.87. The molecule has 0 bridgehead atoms. The maximum atomic E-state index is 12.4. The van der Waals surface area contributed by atoms with E-state index < -0.39 is 32.5 Å². The minimum absolute atomic E-state index is 0. The van der Waals surface area contributed by atoms with E-state index >= 15 is 0 Å². The Hall–Kier alpha value is -1.55. The fraction of sp³-hybridized carbons (Fsp3) is 0.143. The zero-order valence-electron chi connectivity index (χ0n) is 15.3. The first-order valence-electron chi connectivity index (χ1n) is 6.75. The Morgan fingerprint density at radius 2 is 1.86 bits per heavy atom. The second-order valence-electron chi connectivity index (χ2n) is 4.70. The van der Waals surface area contributed by atoms with Crippen molar-refractivity contribution in [1.29, 1.82) is 0 Å². The number of anilines is 1. The number of halogens is 1. The third-order valence-electron chi connectivity index (χ3n) is 2.83. The molecule has 0 aliphatic carbocycles. The maximum absolute atomic E-state index is 12.4. The summed E-state index contributed by atoms with van der Waals surface area (Å²) in [6.45, 7) is 1.52. The molecule has 2 aromatic rings. The number of sulfonamides is 1. The Balaban J connectivity index is 0.00000364. The minimum atomic E-state index is -4.45. The molecule has 11 nitrogen and oxygen atoms in total. The van der Waals surface area contributed by atoms with Gasteiger partial charge in [-0.3, -0.25) is 5.32 Å². The van der Waals surface area contributed by atoms with Gasteiger partial charge in [-0.15, -0.1) is 0 Å². The van der Waals surface area contributed by atoms with Crippen LogP contribution in [0.3, 0.4) is 0 Å². The number of rotatable bonds is 5.